The molecule has 0 fully saturated rings. The summed E-state index contributed by atoms with van der Waals surface area (Å²) in [5, 5.41) is 0. The van der Waals surface area contributed by atoms with E-state index >= 15 is 0 Å². The molecule has 0 aliphatic rings. The molecule has 2 aromatic rings. The van der Waals surface area contributed by atoms with Crippen LogP contribution < -0.4 is 0 Å². The van der Waals surface area contributed by atoms with Crippen LogP contribution in [0.15, 0.2) is 70.5 Å². The third-order valence-electron chi connectivity index (χ3n) is 2.49. The van der Waals surface area contributed by atoms with Gasteiger partial charge in [0.2, 0.25) is 0 Å². The Hall–Kier alpha value is -1.54. The van der Waals surface area contributed by atoms with Gasteiger partial charge in [-0.3, -0.25) is 0 Å². The van der Waals surface area contributed by atoms with E-state index < -0.39 is 15.4 Å². The van der Waals surface area contributed by atoms with Crippen molar-refractivity contribution >= 4 is 27.6 Å². The Balaban J connectivity index is 1.84. The second-order valence-corrected chi connectivity index (χ2v) is 6.83. The third-order valence-corrected chi connectivity index (χ3v) is 4.62. The number of rotatable bonds is 4. The molecule has 0 N–H and O–H groups in total. The van der Waals surface area contributed by atoms with Gasteiger partial charge >= 0.3 is 109 Å². The second kappa shape index (κ2) is 6.92. The number of hydrogen-bond acceptors (Lipinski definition) is 0. The first-order chi connectivity index (χ1) is 8.45. The van der Waals surface area contributed by atoms with Crippen molar-refractivity contribution in [1.29, 1.82) is 0 Å². The van der Waals surface area contributed by atoms with Crippen LogP contribution in [0.3, 0.4) is 0 Å². The molecule has 0 radical (unpaired) electrons. The Kier molecular flexibility index (Phi) is 4.86. The van der Waals surface area contributed by atoms with Gasteiger partial charge in [0.15, 0.2) is 0 Å². The predicted octanol–water partition coefficient (Wildman–Crippen LogP) is 3.50. The van der Waals surface area contributed by atoms with Crippen molar-refractivity contribution in [3.8, 4) is 0 Å². The zero-order valence-corrected chi connectivity index (χ0v) is 12.8. The van der Waals surface area contributed by atoms with Gasteiger partial charge in [0.05, 0.1) is 0 Å². The van der Waals surface area contributed by atoms with E-state index in [-0.39, 0.29) is 0 Å². The van der Waals surface area contributed by atoms with Crippen LogP contribution in [0.2, 0.25) is 0 Å². The van der Waals surface area contributed by atoms with E-state index in [0.29, 0.717) is 0 Å². The quantitative estimate of drug-likeness (QED) is 0.752. The molecule has 0 aliphatic heterocycles. The van der Waals surface area contributed by atoms with Crippen molar-refractivity contribution in [2.75, 3.05) is 0 Å². The fourth-order valence-corrected chi connectivity index (χ4v) is 3.66. The first-order valence-electron chi connectivity index (χ1n) is 5.88. The maximum absolute atomic E-state index is 2.36. The number of benzene rings is 2. The predicted molar refractivity (Wildman–Crippen MR) is 79.5 cm³/mol. The Morgan fingerprint density at radius 2 is 1.00 bits per heavy atom. The Bertz CT molecular complexity index is 436. The Labute approximate surface area is 109 Å². The molecular formula is C16H16Ge. The van der Waals surface area contributed by atoms with Crippen molar-refractivity contribution < 1.29 is 0 Å². The number of hydrogen-bond donors (Lipinski definition) is 0. The molecule has 0 aromatic heterocycles. The SMILES string of the molecule is [CH](=Cc1ccccc1)[GeH2][CH]=Cc1ccccc1. The van der Waals surface area contributed by atoms with Crippen LogP contribution >= 0.6 is 0 Å². The van der Waals surface area contributed by atoms with Gasteiger partial charge < -0.3 is 0 Å². The average Bonchev–Trinajstić information content (AvgIpc) is 2.41. The van der Waals surface area contributed by atoms with E-state index in [1.54, 1.807) is 0 Å². The standard InChI is InChI=1S/C16H16Ge/c1-3-7-15(8-4-1)11-13-17-14-12-16-9-5-2-6-10-16/h1-14H,17H2. The normalized spacial score (nSPS) is 12.0. The van der Waals surface area contributed by atoms with E-state index in [0.717, 1.165) is 0 Å². The molecule has 0 spiro atoms. The molecule has 0 amide bonds. The van der Waals surface area contributed by atoms with E-state index in [4.69, 9.17) is 0 Å². The molecule has 0 heterocycles. The van der Waals surface area contributed by atoms with Gasteiger partial charge in [0.1, 0.15) is 0 Å². The summed E-state index contributed by atoms with van der Waals surface area (Å²) in [5.41, 5.74) is 2.59. The molecule has 1 heteroatoms. The molecular weight excluding hydrogens is 265 g/mol. The van der Waals surface area contributed by atoms with Gasteiger partial charge in [-0.1, -0.05) is 0 Å². The van der Waals surface area contributed by atoms with Gasteiger partial charge in [-0.25, -0.2) is 0 Å². The van der Waals surface area contributed by atoms with Crippen LogP contribution in [0.5, 0.6) is 0 Å². The van der Waals surface area contributed by atoms with Crippen molar-refractivity contribution in [1.82, 2.24) is 0 Å². The summed E-state index contributed by atoms with van der Waals surface area (Å²) in [5.74, 6) is 0. The molecule has 0 saturated carbocycles. The minimum atomic E-state index is -0.657. The zero-order chi connectivity index (χ0) is 11.8. The van der Waals surface area contributed by atoms with Crippen molar-refractivity contribution in [3.05, 3.63) is 81.6 Å². The van der Waals surface area contributed by atoms with E-state index in [2.05, 4.69) is 70.5 Å². The summed E-state index contributed by atoms with van der Waals surface area (Å²) in [6.45, 7) is 0. The van der Waals surface area contributed by atoms with Gasteiger partial charge in [-0.2, -0.15) is 0 Å². The summed E-state index contributed by atoms with van der Waals surface area (Å²) in [7, 11) is 0. The van der Waals surface area contributed by atoms with Gasteiger partial charge in [0, 0.05) is 0 Å². The summed E-state index contributed by atoms with van der Waals surface area (Å²) < 4.78 is 0. The Morgan fingerprint density at radius 3 is 1.41 bits per heavy atom. The monoisotopic (exact) mass is 282 g/mol. The summed E-state index contributed by atoms with van der Waals surface area (Å²) in [4.78, 5) is 4.73. The summed E-state index contributed by atoms with van der Waals surface area (Å²) in [6, 6.07) is 21.0. The summed E-state index contributed by atoms with van der Waals surface area (Å²) in [6.07, 6.45) is 4.46. The molecule has 2 aromatic carbocycles. The fourth-order valence-electron chi connectivity index (χ4n) is 1.62. The molecule has 2 rings (SSSR count). The van der Waals surface area contributed by atoms with E-state index in [1.165, 1.54) is 11.1 Å². The van der Waals surface area contributed by atoms with Crippen molar-refractivity contribution in [3.63, 3.8) is 0 Å². The molecule has 0 saturated heterocycles. The maximum atomic E-state index is 2.36. The minimum absolute atomic E-state index is 0.657. The molecule has 0 atom stereocenters. The van der Waals surface area contributed by atoms with Gasteiger partial charge in [0.25, 0.3) is 0 Å². The van der Waals surface area contributed by atoms with Crippen molar-refractivity contribution in [2.45, 2.75) is 0 Å². The van der Waals surface area contributed by atoms with Crippen molar-refractivity contribution in [2.24, 2.45) is 0 Å². The van der Waals surface area contributed by atoms with E-state index in [1.807, 2.05) is 12.1 Å². The average molecular weight is 281 g/mol. The Morgan fingerprint density at radius 1 is 0.588 bits per heavy atom. The first-order valence-corrected chi connectivity index (χ1v) is 9.31. The molecule has 0 unspecified atom stereocenters. The van der Waals surface area contributed by atoms with E-state index in [9.17, 15) is 0 Å². The molecule has 84 valence electrons. The van der Waals surface area contributed by atoms with Crippen LogP contribution in [0, 0.1) is 0 Å². The van der Waals surface area contributed by atoms with Crippen LogP contribution in [0.1, 0.15) is 11.1 Å². The van der Waals surface area contributed by atoms with Crippen LogP contribution in [0.4, 0.5) is 0 Å². The van der Waals surface area contributed by atoms with Crippen LogP contribution in [-0.4, -0.2) is 15.4 Å². The zero-order valence-electron chi connectivity index (χ0n) is 9.79. The summed E-state index contributed by atoms with van der Waals surface area (Å²) >= 11 is -0.657. The topological polar surface area (TPSA) is 0 Å². The van der Waals surface area contributed by atoms with Gasteiger partial charge in [-0.15, -0.1) is 0 Å². The third kappa shape index (κ3) is 4.45. The molecule has 0 bridgehead atoms. The van der Waals surface area contributed by atoms with Crippen LogP contribution in [-0.2, 0) is 0 Å². The fraction of sp³-hybridized carbons (Fsp3) is 0. The van der Waals surface area contributed by atoms with Crippen LogP contribution in [0.25, 0.3) is 12.2 Å². The second-order valence-electron chi connectivity index (χ2n) is 3.86. The molecule has 0 nitrogen and oxygen atoms in total. The molecule has 0 aliphatic carbocycles. The first kappa shape index (κ1) is 11.9. The van der Waals surface area contributed by atoms with Gasteiger partial charge in [-0.05, 0) is 0 Å². The molecule has 17 heavy (non-hydrogen) atoms.